The Bertz CT molecular complexity index is 739. The summed E-state index contributed by atoms with van der Waals surface area (Å²) in [6.45, 7) is 0. The molecule has 2 aromatic carbocycles. The van der Waals surface area contributed by atoms with Crippen LogP contribution in [0.2, 0.25) is 5.02 Å². The second kappa shape index (κ2) is 5.70. The Hall–Kier alpha value is -1.77. The molecule has 3 aromatic rings. The molecule has 0 fully saturated rings. The number of nitrogens with one attached hydrogen (secondary N) is 1. The highest BCUT2D eigenvalue weighted by atomic mass is 35.5. The lowest BCUT2D eigenvalue weighted by molar-refractivity contribution is 1.38. The van der Waals surface area contributed by atoms with Crippen LogP contribution in [-0.4, -0.2) is 4.98 Å². The Morgan fingerprint density at radius 2 is 1.80 bits per heavy atom. The average molecular weight is 303 g/mol. The first-order valence-corrected chi connectivity index (χ1v) is 7.14. The largest absolute Gasteiger partial charge is 0.355 e. The molecule has 0 spiro atoms. The first-order valence-electron chi connectivity index (χ1n) is 6.22. The number of benzene rings is 2. The standard InChI is InChI=1S/C16H12Cl2N2/c17-10-11-1-4-13(5-2-11)20-15-7-8-19-16-9-12(18)3-6-14(15)16/h1-9H,10H2,(H,19,20). The fourth-order valence-electron chi connectivity index (χ4n) is 2.06. The van der Waals surface area contributed by atoms with Crippen molar-refractivity contribution >= 4 is 45.5 Å². The van der Waals surface area contributed by atoms with Crippen LogP contribution in [0, 0.1) is 0 Å². The molecule has 3 rings (SSSR count). The lowest BCUT2D eigenvalue weighted by Crippen LogP contribution is -1.92. The van der Waals surface area contributed by atoms with Crippen molar-refractivity contribution < 1.29 is 0 Å². The van der Waals surface area contributed by atoms with Gasteiger partial charge in [-0.1, -0.05) is 23.7 Å². The molecular formula is C16H12Cl2N2. The van der Waals surface area contributed by atoms with E-state index in [9.17, 15) is 0 Å². The molecule has 0 bridgehead atoms. The molecule has 0 unspecified atom stereocenters. The number of halogens is 2. The van der Waals surface area contributed by atoms with E-state index in [4.69, 9.17) is 23.2 Å². The minimum absolute atomic E-state index is 0.525. The molecule has 1 heterocycles. The number of fused-ring (bicyclic) bond motifs is 1. The molecule has 100 valence electrons. The molecule has 0 atom stereocenters. The number of pyridine rings is 1. The number of anilines is 2. The van der Waals surface area contributed by atoms with Gasteiger partial charge in [-0.15, -0.1) is 11.6 Å². The number of rotatable bonds is 3. The molecule has 0 saturated carbocycles. The molecule has 0 aliphatic carbocycles. The van der Waals surface area contributed by atoms with Gasteiger partial charge < -0.3 is 5.32 Å². The SMILES string of the molecule is ClCc1ccc(Nc2ccnc3cc(Cl)ccc23)cc1. The fraction of sp³-hybridized carbons (Fsp3) is 0.0625. The molecule has 0 radical (unpaired) electrons. The summed E-state index contributed by atoms with van der Waals surface area (Å²) in [7, 11) is 0. The normalized spacial score (nSPS) is 10.7. The Balaban J connectivity index is 1.97. The van der Waals surface area contributed by atoms with E-state index in [2.05, 4.69) is 10.3 Å². The molecule has 0 aliphatic rings. The Labute approximate surface area is 127 Å². The Morgan fingerprint density at radius 3 is 2.55 bits per heavy atom. The van der Waals surface area contributed by atoms with Gasteiger partial charge in [-0.25, -0.2) is 0 Å². The predicted molar refractivity (Wildman–Crippen MR) is 86.0 cm³/mol. The second-order valence-corrected chi connectivity index (χ2v) is 5.18. The maximum Gasteiger partial charge on any atom is 0.0737 e. The maximum atomic E-state index is 5.99. The maximum absolute atomic E-state index is 5.99. The van der Waals surface area contributed by atoms with Crippen molar-refractivity contribution in [2.45, 2.75) is 5.88 Å². The van der Waals surface area contributed by atoms with Gasteiger partial charge in [0.05, 0.1) is 5.52 Å². The van der Waals surface area contributed by atoms with Crippen LogP contribution in [0.3, 0.4) is 0 Å². The Kier molecular flexibility index (Phi) is 3.77. The monoisotopic (exact) mass is 302 g/mol. The molecule has 1 N–H and O–H groups in total. The van der Waals surface area contributed by atoms with Gasteiger partial charge in [0.1, 0.15) is 0 Å². The summed E-state index contributed by atoms with van der Waals surface area (Å²) < 4.78 is 0. The third-order valence-electron chi connectivity index (χ3n) is 3.09. The van der Waals surface area contributed by atoms with E-state index in [1.807, 2.05) is 48.5 Å². The molecule has 0 saturated heterocycles. The molecule has 0 amide bonds. The molecular weight excluding hydrogens is 291 g/mol. The van der Waals surface area contributed by atoms with Crippen LogP contribution in [-0.2, 0) is 5.88 Å². The van der Waals surface area contributed by atoms with E-state index in [-0.39, 0.29) is 0 Å². The van der Waals surface area contributed by atoms with Gasteiger partial charge in [-0.2, -0.15) is 0 Å². The zero-order valence-electron chi connectivity index (χ0n) is 10.6. The minimum Gasteiger partial charge on any atom is -0.355 e. The quantitative estimate of drug-likeness (QED) is 0.658. The minimum atomic E-state index is 0.525. The first kappa shape index (κ1) is 13.2. The van der Waals surface area contributed by atoms with Crippen molar-refractivity contribution in [3.05, 3.63) is 65.3 Å². The van der Waals surface area contributed by atoms with Crippen LogP contribution < -0.4 is 5.32 Å². The van der Waals surface area contributed by atoms with E-state index in [1.165, 1.54) is 0 Å². The van der Waals surface area contributed by atoms with Crippen molar-refractivity contribution in [2.24, 2.45) is 0 Å². The first-order chi connectivity index (χ1) is 9.76. The van der Waals surface area contributed by atoms with E-state index >= 15 is 0 Å². The number of aromatic nitrogens is 1. The number of nitrogens with zero attached hydrogens (tertiary/aromatic N) is 1. The highest BCUT2D eigenvalue weighted by molar-refractivity contribution is 6.31. The van der Waals surface area contributed by atoms with Crippen molar-refractivity contribution in [3.63, 3.8) is 0 Å². The van der Waals surface area contributed by atoms with Gasteiger partial charge in [0.2, 0.25) is 0 Å². The summed E-state index contributed by atoms with van der Waals surface area (Å²) in [5, 5.41) is 5.12. The summed E-state index contributed by atoms with van der Waals surface area (Å²) in [6.07, 6.45) is 1.77. The summed E-state index contributed by atoms with van der Waals surface area (Å²) in [4.78, 5) is 4.33. The van der Waals surface area contributed by atoms with Gasteiger partial charge in [0, 0.05) is 33.9 Å². The van der Waals surface area contributed by atoms with Gasteiger partial charge in [-0.3, -0.25) is 4.98 Å². The number of hydrogen-bond donors (Lipinski definition) is 1. The predicted octanol–water partition coefficient (Wildman–Crippen LogP) is 5.37. The highest BCUT2D eigenvalue weighted by Crippen LogP contribution is 2.27. The third kappa shape index (κ3) is 2.72. The van der Waals surface area contributed by atoms with Crippen molar-refractivity contribution in [1.29, 1.82) is 0 Å². The van der Waals surface area contributed by atoms with Crippen molar-refractivity contribution in [2.75, 3.05) is 5.32 Å². The lowest BCUT2D eigenvalue weighted by atomic mass is 10.1. The fourth-order valence-corrected chi connectivity index (χ4v) is 2.41. The Morgan fingerprint density at radius 1 is 1.00 bits per heavy atom. The summed E-state index contributed by atoms with van der Waals surface area (Å²) in [5.41, 5.74) is 4.00. The number of alkyl halides is 1. The zero-order chi connectivity index (χ0) is 13.9. The smallest absolute Gasteiger partial charge is 0.0737 e. The molecule has 20 heavy (non-hydrogen) atoms. The van der Waals surface area contributed by atoms with Gasteiger partial charge in [-0.05, 0) is 42.0 Å². The van der Waals surface area contributed by atoms with Gasteiger partial charge >= 0.3 is 0 Å². The van der Waals surface area contributed by atoms with E-state index < -0.39 is 0 Å². The zero-order valence-corrected chi connectivity index (χ0v) is 12.1. The van der Waals surface area contributed by atoms with Crippen LogP contribution in [0.4, 0.5) is 11.4 Å². The third-order valence-corrected chi connectivity index (χ3v) is 3.64. The summed E-state index contributed by atoms with van der Waals surface area (Å²) in [5.74, 6) is 0.525. The average Bonchev–Trinajstić information content (AvgIpc) is 2.48. The lowest BCUT2D eigenvalue weighted by Gasteiger charge is -2.10. The van der Waals surface area contributed by atoms with Crippen LogP contribution in [0.1, 0.15) is 5.56 Å². The van der Waals surface area contributed by atoms with Crippen molar-refractivity contribution in [1.82, 2.24) is 4.98 Å². The van der Waals surface area contributed by atoms with Crippen LogP contribution in [0.25, 0.3) is 10.9 Å². The van der Waals surface area contributed by atoms with Crippen LogP contribution in [0.5, 0.6) is 0 Å². The van der Waals surface area contributed by atoms with E-state index in [1.54, 1.807) is 6.20 Å². The summed E-state index contributed by atoms with van der Waals surface area (Å²) in [6, 6.07) is 15.7. The molecule has 4 heteroatoms. The van der Waals surface area contributed by atoms with Gasteiger partial charge in [0.25, 0.3) is 0 Å². The van der Waals surface area contributed by atoms with Crippen LogP contribution >= 0.6 is 23.2 Å². The molecule has 0 aliphatic heterocycles. The highest BCUT2D eigenvalue weighted by Gasteiger charge is 2.03. The van der Waals surface area contributed by atoms with E-state index in [0.29, 0.717) is 10.9 Å². The number of hydrogen-bond acceptors (Lipinski definition) is 2. The molecule has 1 aromatic heterocycles. The topological polar surface area (TPSA) is 24.9 Å². The van der Waals surface area contributed by atoms with Crippen LogP contribution in [0.15, 0.2) is 54.7 Å². The molecule has 2 nitrogen and oxygen atoms in total. The van der Waals surface area contributed by atoms with Crippen molar-refractivity contribution in [3.8, 4) is 0 Å². The van der Waals surface area contributed by atoms with Gasteiger partial charge in [0.15, 0.2) is 0 Å². The summed E-state index contributed by atoms with van der Waals surface area (Å²) >= 11 is 11.8. The van der Waals surface area contributed by atoms with E-state index in [0.717, 1.165) is 27.8 Å². The second-order valence-electron chi connectivity index (χ2n) is 4.48.